The molecule has 11 heteroatoms. The Balaban J connectivity index is 1.81. The Labute approximate surface area is 206 Å². The second-order valence-electron chi connectivity index (χ2n) is 10.0. The molecule has 0 spiro atoms. The molecular formula is C25H28F3N5O3. The molecule has 192 valence electrons. The first-order chi connectivity index (χ1) is 16.8. The van der Waals surface area contributed by atoms with Gasteiger partial charge < -0.3 is 16.0 Å². The number of aromatic nitrogens is 1. The summed E-state index contributed by atoms with van der Waals surface area (Å²) in [7, 11) is 0. The molecule has 3 unspecified atom stereocenters. The molecule has 1 heterocycles. The number of carbonyl (C=O) groups excluding carboxylic acids is 3. The maximum atomic E-state index is 13.2. The summed E-state index contributed by atoms with van der Waals surface area (Å²) in [6.07, 6.45) is -0.0980. The van der Waals surface area contributed by atoms with Gasteiger partial charge in [-0.1, -0.05) is 57.9 Å². The van der Waals surface area contributed by atoms with Crippen molar-refractivity contribution in [2.75, 3.05) is 0 Å². The lowest BCUT2D eigenvalue weighted by Gasteiger charge is -2.32. The summed E-state index contributed by atoms with van der Waals surface area (Å²) in [6.45, 7) is 4.51. The molecule has 0 aliphatic heterocycles. The Kier molecular flexibility index (Phi) is 7.86. The van der Waals surface area contributed by atoms with Crippen LogP contribution in [0.1, 0.15) is 51.6 Å². The fraction of sp³-hybridized carbons (Fsp3) is 0.480. The minimum atomic E-state index is -5.17. The number of rotatable bonds is 8. The standard InChI is InChI=1S/C25H28F3N5O3/c1-24(2,3)20(33-23(36)25(26,27)28)22(35)31-18(10-14-8-9-14)21(34)32-19(11-29)17-13-30-12-15-6-4-5-7-16(15)17/h4-7,12-14,18-20H,8-10H2,1-3H3,(H,31,35)(H,32,34)(H,33,36). The lowest BCUT2D eigenvalue weighted by molar-refractivity contribution is -0.175. The number of alkyl halides is 3. The predicted molar refractivity (Wildman–Crippen MR) is 125 cm³/mol. The summed E-state index contributed by atoms with van der Waals surface area (Å²) in [6, 6.07) is 5.55. The van der Waals surface area contributed by atoms with E-state index in [1.54, 1.807) is 23.6 Å². The van der Waals surface area contributed by atoms with Crippen LogP contribution < -0.4 is 16.0 Å². The quantitative estimate of drug-likeness (QED) is 0.510. The van der Waals surface area contributed by atoms with Gasteiger partial charge in [0.25, 0.3) is 0 Å². The van der Waals surface area contributed by atoms with Gasteiger partial charge in [-0.05, 0) is 23.1 Å². The number of hydrogen-bond acceptors (Lipinski definition) is 5. The second kappa shape index (κ2) is 10.5. The fourth-order valence-corrected chi connectivity index (χ4v) is 3.85. The zero-order chi connectivity index (χ0) is 26.7. The highest BCUT2D eigenvalue weighted by Gasteiger charge is 2.44. The molecule has 0 bridgehead atoms. The number of benzene rings is 1. The van der Waals surface area contributed by atoms with E-state index in [4.69, 9.17) is 0 Å². The summed E-state index contributed by atoms with van der Waals surface area (Å²) >= 11 is 0. The van der Waals surface area contributed by atoms with Crippen molar-refractivity contribution in [2.45, 2.75) is 64.3 Å². The molecule has 3 N–H and O–H groups in total. The largest absolute Gasteiger partial charge is 0.471 e. The Morgan fingerprint density at radius 3 is 2.31 bits per heavy atom. The van der Waals surface area contributed by atoms with Gasteiger partial charge in [-0.2, -0.15) is 18.4 Å². The predicted octanol–water partition coefficient (Wildman–Crippen LogP) is 3.29. The maximum absolute atomic E-state index is 13.2. The third kappa shape index (κ3) is 6.71. The van der Waals surface area contributed by atoms with Crippen LogP contribution in [0.15, 0.2) is 36.7 Å². The number of amides is 3. The van der Waals surface area contributed by atoms with Crippen LogP contribution in [0.25, 0.3) is 10.8 Å². The summed E-state index contributed by atoms with van der Waals surface area (Å²) in [5.41, 5.74) is -0.597. The molecular weight excluding hydrogens is 475 g/mol. The van der Waals surface area contributed by atoms with Gasteiger partial charge in [0.1, 0.15) is 18.1 Å². The number of carbonyl (C=O) groups is 3. The van der Waals surface area contributed by atoms with Gasteiger partial charge >= 0.3 is 12.1 Å². The second-order valence-corrected chi connectivity index (χ2v) is 10.0. The van der Waals surface area contributed by atoms with Gasteiger partial charge in [0.05, 0.1) is 6.07 Å². The molecule has 1 aliphatic carbocycles. The third-order valence-corrected chi connectivity index (χ3v) is 5.99. The normalized spacial score (nSPS) is 16.4. The zero-order valence-electron chi connectivity index (χ0n) is 20.1. The van der Waals surface area contributed by atoms with Crippen LogP contribution in [0, 0.1) is 22.7 Å². The lowest BCUT2D eigenvalue weighted by atomic mass is 9.85. The van der Waals surface area contributed by atoms with E-state index in [0.717, 1.165) is 23.6 Å². The van der Waals surface area contributed by atoms with Crippen molar-refractivity contribution in [1.82, 2.24) is 20.9 Å². The summed E-state index contributed by atoms with van der Waals surface area (Å²) in [5.74, 6) is -3.64. The van der Waals surface area contributed by atoms with E-state index in [9.17, 15) is 32.8 Å². The van der Waals surface area contributed by atoms with Crippen LogP contribution in [0.5, 0.6) is 0 Å². The van der Waals surface area contributed by atoms with Gasteiger partial charge in [0.2, 0.25) is 11.8 Å². The van der Waals surface area contributed by atoms with Crippen molar-refractivity contribution in [3.8, 4) is 6.07 Å². The van der Waals surface area contributed by atoms with Crippen molar-refractivity contribution in [1.29, 1.82) is 5.26 Å². The van der Waals surface area contributed by atoms with Gasteiger partial charge in [-0.25, -0.2) is 0 Å². The molecule has 3 amide bonds. The molecule has 1 saturated carbocycles. The highest BCUT2D eigenvalue weighted by molar-refractivity contribution is 5.94. The van der Waals surface area contributed by atoms with Crippen LogP contribution in [0.4, 0.5) is 13.2 Å². The van der Waals surface area contributed by atoms with Gasteiger partial charge in [-0.15, -0.1) is 0 Å². The zero-order valence-corrected chi connectivity index (χ0v) is 20.1. The monoisotopic (exact) mass is 503 g/mol. The third-order valence-electron chi connectivity index (χ3n) is 5.99. The number of pyridine rings is 1. The highest BCUT2D eigenvalue weighted by Crippen LogP contribution is 2.34. The van der Waals surface area contributed by atoms with Gasteiger partial charge in [0, 0.05) is 23.3 Å². The Hall–Kier alpha value is -3.68. The maximum Gasteiger partial charge on any atom is 0.471 e. The SMILES string of the molecule is CC(C)(C)C(NC(=O)C(F)(F)F)C(=O)NC(CC1CC1)C(=O)NC(C#N)c1cncc2ccccc12. The van der Waals surface area contributed by atoms with E-state index in [2.05, 4.69) is 15.6 Å². The van der Waals surface area contributed by atoms with Gasteiger partial charge in [-0.3, -0.25) is 19.4 Å². The average Bonchev–Trinajstić information content (AvgIpc) is 3.62. The van der Waals surface area contributed by atoms with Crippen LogP contribution in [-0.2, 0) is 14.4 Å². The van der Waals surface area contributed by atoms with E-state index in [-0.39, 0.29) is 12.3 Å². The fourth-order valence-electron chi connectivity index (χ4n) is 3.85. The average molecular weight is 504 g/mol. The lowest BCUT2D eigenvalue weighted by Crippen LogP contribution is -2.59. The highest BCUT2D eigenvalue weighted by atomic mass is 19.4. The molecule has 0 saturated heterocycles. The molecule has 0 radical (unpaired) electrons. The first-order valence-corrected chi connectivity index (χ1v) is 11.5. The van der Waals surface area contributed by atoms with E-state index in [1.165, 1.54) is 27.0 Å². The Morgan fingerprint density at radius 1 is 1.06 bits per heavy atom. The van der Waals surface area contributed by atoms with Crippen molar-refractivity contribution in [2.24, 2.45) is 11.3 Å². The molecule has 2 aromatic rings. The van der Waals surface area contributed by atoms with Gasteiger partial charge in [0.15, 0.2) is 0 Å². The minimum Gasteiger partial charge on any atom is -0.342 e. The van der Waals surface area contributed by atoms with E-state index < -0.39 is 47.4 Å². The molecule has 1 aromatic heterocycles. The molecule has 1 fully saturated rings. The van der Waals surface area contributed by atoms with Crippen molar-refractivity contribution < 1.29 is 27.6 Å². The van der Waals surface area contributed by atoms with E-state index in [0.29, 0.717) is 5.56 Å². The number of nitrogens with one attached hydrogen (secondary N) is 3. The smallest absolute Gasteiger partial charge is 0.342 e. The van der Waals surface area contributed by atoms with Crippen LogP contribution in [0.2, 0.25) is 0 Å². The van der Waals surface area contributed by atoms with Crippen LogP contribution in [0.3, 0.4) is 0 Å². The molecule has 3 rings (SSSR count). The van der Waals surface area contributed by atoms with Crippen molar-refractivity contribution in [3.63, 3.8) is 0 Å². The van der Waals surface area contributed by atoms with Crippen LogP contribution >= 0.6 is 0 Å². The van der Waals surface area contributed by atoms with E-state index >= 15 is 0 Å². The molecule has 8 nitrogen and oxygen atoms in total. The summed E-state index contributed by atoms with van der Waals surface area (Å²) in [5, 5.41) is 18.2. The number of fused-ring (bicyclic) bond motifs is 1. The number of hydrogen-bond donors (Lipinski definition) is 3. The topological polar surface area (TPSA) is 124 Å². The Bertz CT molecular complexity index is 1180. The minimum absolute atomic E-state index is 0.165. The molecule has 3 atom stereocenters. The number of nitrogens with zero attached hydrogens (tertiary/aromatic N) is 2. The Morgan fingerprint density at radius 2 is 1.72 bits per heavy atom. The number of halogens is 3. The number of nitriles is 1. The van der Waals surface area contributed by atoms with E-state index in [1.807, 2.05) is 18.2 Å². The summed E-state index contributed by atoms with van der Waals surface area (Å²) in [4.78, 5) is 41.9. The first-order valence-electron chi connectivity index (χ1n) is 11.5. The van der Waals surface area contributed by atoms with Crippen molar-refractivity contribution >= 4 is 28.5 Å². The summed E-state index contributed by atoms with van der Waals surface area (Å²) < 4.78 is 38.5. The molecule has 1 aliphatic rings. The first kappa shape index (κ1) is 26.9. The van der Waals surface area contributed by atoms with Crippen LogP contribution in [-0.4, -0.2) is 41.0 Å². The molecule has 36 heavy (non-hydrogen) atoms. The van der Waals surface area contributed by atoms with Crippen molar-refractivity contribution in [3.05, 3.63) is 42.2 Å². The molecule has 1 aromatic carbocycles.